The van der Waals surface area contributed by atoms with Crippen molar-refractivity contribution in [2.45, 2.75) is 12.6 Å². The molecule has 1 atom stereocenters. The summed E-state index contributed by atoms with van der Waals surface area (Å²) in [6.07, 6.45) is 0.844. The van der Waals surface area contributed by atoms with Crippen LogP contribution in [0.1, 0.15) is 17.4 Å². The third kappa shape index (κ3) is 4.50. The van der Waals surface area contributed by atoms with Gasteiger partial charge in [0, 0.05) is 12.7 Å². The molecule has 7 heteroatoms. The Morgan fingerprint density at radius 1 is 1.33 bits per heavy atom. The Hall–Kier alpha value is -2.54. The average molecular weight is 290 g/mol. The van der Waals surface area contributed by atoms with Crippen LogP contribution in [0.3, 0.4) is 0 Å². The number of benzene rings is 1. The first-order valence-electron chi connectivity index (χ1n) is 6.51. The van der Waals surface area contributed by atoms with E-state index in [2.05, 4.69) is 20.8 Å². The number of ether oxygens (including phenoxy) is 1. The van der Waals surface area contributed by atoms with Crippen molar-refractivity contribution in [2.24, 2.45) is 0 Å². The highest BCUT2D eigenvalue weighted by atomic mass is 16.5. The molecule has 0 aliphatic heterocycles. The number of methoxy groups -OCH3 is 1. The van der Waals surface area contributed by atoms with Gasteiger partial charge in [0.25, 0.3) is 0 Å². The number of carbonyl (C=O) groups excluding carboxylic acids is 1. The monoisotopic (exact) mass is 290 g/mol. The molecule has 0 spiro atoms. The first-order valence-corrected chi connectivity index (χ1v) is 6.51. The zero-order valence-electron chi connectivity index (χ0n) is 11.7. The van der Waals surface area contributed by atoms with E-state index in [1.165, 1.54) is 0 Å². The SMILES string of the molecule is COc1ccc(C(O)CNC(=O)NCc2ccn[nH]2)cc1. The van der Waals surface area contributed by atoms with Crippen LogP contribution in [0.15, 0.2) is 36.5 Å². The molecule has 0 aliphatic rings. The summed E-state index contributed by atoms with van der Waals surface area (Å²) in [6, 6.07) is 8.46. The summed E-state index contributed by atoms with van der Waals surface area (Å²) < 4.78 is 5.04. The maximum atomic E-state index is 11.6. The van der Waals surface area contributed by atoms with Gasteiger partial charge in [0.2, 0.25) is 0 Å². The van der Waals surface area contributed by atoms with Gasteiger partial charge in [0.05, 0.1) is 25.5 Å². The molecule has 1 heterocycles. The van der Waals surface area contributed by atoms with Gasteiger partial charge in [-0.1, -0.05) is 12.1 Å². The van der Waals surface area contributed by atoms with Gasteiger partial charge in [-0.3, -0.25) is 5.10 Å². The summed E-state index contributed by atoms with van der Waals surface area (Å²) in [5.41, 5.74) is 1.52. The zero-order chi connectivity index (χ0) is 15.1. The van der Waals surface area contributed by atoms with Gasteiger partial charge in [-0.2, -0.15) is 5.10 Å². The number of H-pyrrole nitrogens is 1. The third-order valence-electron chi connectivity index (χ3n) is 2.95. The molecular formula is C14H18N4O3. The van der Waals surface area contributed by atoms with E-state index in [4.69, 9.17) is 4.74 Å². The number of hydrogen-bond acceptors (Lipinski definition) is 4. The van der Waals surface area contributed by atoms with Crippen LogP contribution < -0.4 is 15.4 Å². The Balaban J connectivity index is 1.74. The lowest BCUT2D eigenvalue weighted by molar-refractivity contribution is 0.173. The molecule has 0 fully saturated rings. The maximum absolute atomic E-state index is 11.6. The number of aliphatic hydroxyl groups is 1. The lowest BCUT2D eigenvalue weighted by Crippen LogP contribution is -2.37. The van der Waals surface area contributed by atoms with Crippen molar-refractivity contribution in [3.05, 3.63) is 47.8 Å². The topological polar surface area (TPSA) is 99.3 Å². The second kappa shape index (κ2) is 7.30. The van der Waals surface area contributed by atoms with Crippen molar-refractivity contribution >= 4 is 6.03 Å². The number of carbonyl (C=O) groups is 1. The number of urea groups is 1. The highest BCUT2D eigenvalue weighted by molar-refractivity contribution is 5.73. The van der Waals surface area contributed by atoms with Crippen molar-refractivity contribution in [2.75, 3.05) is 13.7 Å². The summed E-state index contributed by atoms with van der Waals surface area (Å²) in [4.78, 5) is 11.6. The fourth-order valence-corrected chi connectivity index (χ4v) is 1.75. The Kier molecular flexibility index (Phi) is 5.16. The molecule has 2 aromatic rings. The van der Waals surface area contributed by atoms with E-state index in [1.54, 1.807) is 43.6 Å². The molecule has 1 aromatic carbocycles. The molecule has 21 heavy (non-hydrogen) atoms. The number of nitrogens with one attached hydrogen (secondary N) is 3. The minimum Gasteiger partial charge on any atom is -0.497 e. The fourth-order valence-electron chi connectivity index (χ4n) is 1.75. The Labute approximate surface area is 122 Å². The van der Waals surface area contributed by atoms with E-state index in [-0.39, 0.29) is 12.6 Å². The smallest absolute Gasteiger partial charge is 0.315 e. The summed E-state index contributed by atoms with van der Waals surface area (Å²) in [6.45, 7) is 0.478. The zero-order valence-corrected chi connectivity index (χ0v) is 11.7. The van der Waals surface area contributed by atoms with E-state index in [9.17, 15) is 9.90 Å². The minimum atomic E-state index is -0.770. The number of hydrogen-bond donors (Lipinski definition) is 4. The van der Waals surface area contributed by atoms with Crippen LogP contribution in [-0.2, 0) is 6.54 Å². The van der Waals surface area contributed by atoms with Gasteiger partial charge in [-0.25, -0.2) is 4.79 Å². The van der Waals surface area contributed by atoms with Crippen LogP contribution in [0.4, 0.5) is 4.79 Å². The standard InChI is InChI=1S/C14H18N4O3/c1-21-12-4-2-10(3-5-12)13(19)9-16-14(20)15-8-11-6-7-17-18-11/h2-7,13,19H,8-9H2,1H3,(H,17,18)(H2,15,16,20). The largest absolute Gasteiger partial charge is 0.497 e. The van der Waals surface area contributed by atoms with E-state index in [1.807, 2.05) is 0 Å². The molecule has 0 bridgehead atoms. The Bertz CT molecular complexity index is 554. The van der Waals surface area contributed by atoms with Crippen molar-refractivity contribution < 1.29 is 14.6 Å². The Morgan fingerprint density at radius 2 is 2.10 bits per heavy atom. The van der Waals surface area contributed by atoms with Crippen LogP contribution in [-0.4, -0.2) is 35.0 Å². The number of rotatable bonds is 6. The normalized spacial score (nSPS) is 11.7. The fraction of sp³-hybridized carbons (Fsp3) is 0.286. The maximum Gasteiger partial charge on any atom is 0.315 e. The molecular weight excluding hydrogens is 272 g/mol. The van der Waals surface area contributed by atoms with Crippen LogP contribution >= 0.6 is 0 Å². The molecule has 0 saturated carbocycles. The van der Waals surface area contributed by atoms with Crippen LogP contribution in [0.5, 0.6) is 5.75 Å². The van der Waals surface area contributed by atoms with Gasteiger partial charge in [0.1, 0.15) is 5.75 Å². The van der Waals surface area contributed by atoms with Crippen molar-refractivity contribution in [1.29, 1.82) is 0 Å². The number of amides is 2. The second-order valence-electron chi connectivity index (χ2n) is 4.43. The molecule has 1 aromatic heterocycles. The van der Waals surface area contributed by atoms with E-state index in [0.29, 0.717) is 12.1 Å². The molecule has 7 nitrogen and oxygen atoms in total. The molecule has 0 radical (unpaired) electrons. The predicted molar refractivity (Wildman–Crippen MR) is 76.8 cm³/mol. The quantitative estimate of drug-likeness (QED) is 0.636. The van der Waals surface area contributed by atoms with Gasteiger partial charge in [0.15, 0.2) is 0 Å². The molecule has 2 rings (SSSR count). The van der Waals surface area contributed by atoms with E-state index >= 15 is 0 Å². The lowest BCUT2D eigenvalue weighted by Gasteiger charge is -2.13. The third-order valence-corrected chi connectivity index (χ3v) is 2.95. The first-order chi connectivity index (χ1) is 10.2. The van der Waals surface area contributed by atoms with Crippen molar-refractivity contribution in [1.82, 2.24) is 20.8 Å². The summed E-state index contributed by atoms with van der Waals surface area (Å²) in [7, 11) is 1.58. The van der Waals surface area contributed by atoms with E-state index in [0.717, 1.165) is 11.4 Å². The number of nitrogens with zero attached hydrogens (tertiary/aromatic N) is 1. The van der Waals surface area contributed by atoms with E-state index < -0.39 is 6.10 Å². The van der Waals surface area contributed by atoms with Crippen molar-refractivity contribution in [3.63, 3.8) is 0 Å². The molecule has 0 aliphatic carbocycles. The summed E-state index contributed by atoms with van der Waals surface area (Å²) >= 11 is 0. The molecule has 1 unspecified atom stereocenters. The van der Waals surface area contributed by atoms with Gasteiger partial charge in [-0.15, -0.1) is 0 Å². The number of aliphatic hydroxyl groups excluding tert-OH is 1. The molecule has 112 valence electrons. The highest BCUT2D eigenvalue weighted by Gasteiger charge is 2.09. The molecule has 0 saturated heterocycles. The van der Waals surface area contributed by atoms with Crippen molar-refractivity contribution in [3.8, 4) is 5.75 Å². The average Bonchev–Trinajstić information content (AvgIpc) is 3.04. The summed E-state index contributed by atoms with van der Waals surface area (Å²) in [5, 5.41) is 21.8. The predicted octanol–water partition coefficient (Wildman–Crippen LogP) is 0.951. The van der Waals surface area contributed by atoms with Crippen LogP contribution in [0, 0.1) is 0 Å². The highest BCUT2D eigenvalue weighted by Crippen LogP contribution is 2.16. The lowest BCUT2D eigenvalue weighted by atomic mass is 10.1. The molecule has 2 amide bonds. The Morgan fingerprint density at radius 3 is 2.71 bits per heavy atom. The number of aromatic amines is 1. The molecule has 4 N–H and O–H groups in total. The van der Waals surface area contributed by atoms with Crippen LogP contribution in [0.25, 0.3) is 0 Å². The second-order valence-corrected chi connectivity index (χ2v) is 4.43. The van der Waals surface area contributed by atoms with Gasteiger partial charge in [-0.05, 0) is 23.8 Å². The van der Waals surface area contributed by atoms with Gasteiger partial charge < -0.3 is 20.5 Å². The minimum absolute atomic E-state index is 0.126. The summed E-state index contributed by atoms with van der Waals surface area (Å²) in [5.74, 6) is 0.719. The van der Waals surface area contributed by atoms with Crippen LogP contribution in [0.2, 0.25) is 0 Å². The number of aromatic nitrogens is 2. The first kappa shape index (κ1) is 14.9. The van der Waals surface area contributed by atoms with Gasteiger partial charge >= 0.3 is 6.03 Å².